The first-order chi connectivity index (χ1) is 19.6. The van der Waals surface area contributed by atoms with E-state index in [-0.39, 0.29) is 17.0 Å². The van der Waals surface area contributed by atoms with Crippen molar-refractivity contribution >= 4 is 33.3 Å². The van der Waals surface area contributed by atoms with E-state index >= 15 is 0 Å². The van der Waals surface area contributed by atoms with Gasteiger partial charge in [0.15, 0.2) is 0 Å². The molecular formula is C31H39N7OS. The number of rotatable bonds is 10. The first-order valence-electron chi connectivity index (χ1n) is 14.5. The number of hydrogen-bond donors (Lipinski definition) is 3. The molecule has 0 saturated carbocycles. The Bertz CT molecular complexity index is 1470. The van der Waals surface area contributed by atoms with Crippen molar-refractivity contribution in [1.29, 1.82) is 0 Å². The van der Waals surface area contributed by atoms with E-state index in [1.165, 1.54) is 23.3 Å². The molecule has 8 nitrogen and oxygen atoms in total. The Hall–Kier alpha value is -3.27. The first kappa shape index (κ1) is 26.9. The largest absolute Gasteiger partial charge is 0.365 e. The number of hydrogen-bond acceptors (Lipinski definition) is 8. The number of aromatic nitrogens is 3. The van der Waals surface area contributed by atoms with Crippen molar-refractivity contribution < 1.29 is 0 Å². The molecule has 2 saturated heterocycles. The highest BCUT2D eigenvalue weighted by atomic mass is 32.1. The van der Waals surface area contributed by atoms with Crippen molar-refractivity contribution in [2.75, 3.05) is 49.5 Å². The predicted octanol–water partition coefficient (Wildman–Crippen LogP) is 4.95. The maximum absolute atomic E-state index is 13.7. The Labute approximate surface area is 239 Å². The summed E-state index contributed by atoms with van der Waals surface area (Å²) in [6, 6.07) is 18.9. The van der Waals surface area contributed by atoms with E-state index in [9.17, 15) is 4.79 Å². The molecule has 6 rings (SSSR count). The minimum Gasteiger partial charge on any atom is -0.365 e. The van der Waals surface area contributed by atoms with Crippen LogP contribution in [0.5, 0.6) is 0 Å². The van der Waals surface area contributed by atoms with E-state index in [0.717, 1.165) is 68.9 Å². The lowest BCUT2D eigenvalue weighted by Gasteiger charge is -2.26. The van der Waals surface area contributed by atoms with Crippen LogP contribution >= 0.6 is 11.3 Å². The fourth-order valence-electron chi connectivity index (χ4n) is 6.16. The van der Waals surface area contributed by atoms with Gasteiger partial charge in [0.1, 0.15) is 16.4 Å². The number of aromatic amines is 1. The monoisotopic (exact) mass is 557 g/mol. The fraction of sp³-hybridized carbons (Fsp3) is 0.452. The predicted molar refractivity (Wildman–Crippen MR) is 165 cm³/mol. The zero-order valence-corrected chi connectivity index (χ0v) is 24.3. The number of fused-ring (bicyclic) bond motifs is 1. The Balaban J connectivity index is 1.27. The van der Waals surface area contributed by atoms with Crippen molar-refractivity contribution in [1.82, 2.24) is 25.2 Å². The number of benzene rings is 2. The standard InChI is InChI=1S/C31H39N7OS/c1-3-23(18-32-4-2)33-27-26(29-34-24-12-8-9-13-25(24)40-29)28(39)36-30(35-27)38-17-15-31(21-38)14-16-37(20-31)19-22-10-6-5-7-11-22/h5-13,23,32H,3-4,14-21H2,1-2H3,(H2,33,35,36,39)/t23-,31?/m1/s1. The average molecular weight is 558 g/mol. The molecule has 2 aromatic carbocycles. The first-order valence-corrected chi connectivity index (χ1v) is 15.4. The number of H-pyrrole nitrogens is 1. The quantitative estimate of drug-likeness (QED) is 0.254. The molecule has 0 radical (unpaired) electrons. The van der Waals surface area contributed by atoms with Gasteiger partial charge in [-0.2, -0.15) is 4.98 Å². The molecule has 4 heterocycles. The summed E-state index contributed by atoms with van der Waals surface area (Å²) >= 11 is 1.54. The fourth-order valence-corrected chi connectivity index (χ4v) is 7.16. The minimum absolute atomic E-state index is 0.136. The lowest BCUT2D eigenvalue weighted by atomic mass is 9.86. The molecule has 210 valence electrons. The van der Waals surface area contributed by atoms with E-state index < -0.39 is 0 Å². The summed E-state index contributed by atoms with van der Waals surface area (Å²) in [5.41, 5.74) is 2.90. The van der Waals surface area contributed by atoms with Crippen molar-refractivity contribution in [3.63, 3.8) is 0 Å². The van der Waals surface area contributed by atoms with Crippen LogP contribution in [0, 0.1) is 5.41 Å². The number of nitrogens with one attached hydrogen (secondary N) is 3. The van der Waals surface area contributed by atoms with E-state index in [2.05, 4.69) is 69.6 Å². The summed E-state index contributed by atoms with van der Waals surface area (Å²) in [6.07, 6.45) is 3.21. The third kappa shape index (κ3) is 5.64. The number of likely N-dealkylation sites (N-methyl/N-ethyl adjacent to an activating group) is 1. The second kappa shape index (κ2) is 11.7. The second-order valence-electron chi connectivity index (χ2n) is 11.3. The maximum Gasteiger partial charge on any atom is 0.264 e. The van der Waals surface area contributed by atoms with Gasteiger partial charge in [0.25, 0.3) is 5.56 Å². The number of nitrogens with zero attached hydrogens (tertiary/aromatic N) is 4. The molecule has 0 amide bonds. The smallest absolute Gasteiger partial charge is 0.264 e. The molecule has 3 N–H and O–H groups in total. The number of anilines is 2. The van der Waals surface area contributed by atoms with Crippen LogP contribution in [0.2, 0.25) is 0 Å². The van der Waals surface area contributed by atoms with Crippen LogP contribution in [0.4, 0.5) is 11.8 Å². The molecule has 0 bridgehead atoms. The third-order valence-electron chi connectivity index (χ3n) is 8.39. The van der Waals surface area contributed by atoms with E-state index in [1.807, 2.05) is 24.3 Å². The van der Waals surface area contributed by atoms with Crippen molar-refractivity contribution in [3.05, 3.63) is 70.5 Å². The molecule has 2 fully saturated rings. The SMILES string of the molecule is CCNC[C@@H](CC)Nc1nc(N2CCC3(CCN(Cc4ccccc4)C3)C2)[nH]c(=O)c1-c1nc2ccccc2s1. The molecular weight excluding hydrogens is 518 g/mol. The molecule has 9 heteroatoms. The molecule has 40 heavy (non-hydrogen) atoms. The van der Waals surface area contributed by atoms with Crippen LogP contribution in [0.1, 0.15) is 38.7 Å². The highest BCUT2D eigenvalue weighted by Crippen LogP contribution is 2.41. The molecule has 4 aromatic rings. The van der Waals surface area contributed by atoms with Gasteiger partial charge in [-0.25, -0.2) is 4.98 Å². The van der Waals surface area contributed by atoms with Gasteiger partial charge in [0.2, 0.25) is 5.95 Å². The molecule has 2 aliphatic rings. The Morgan fingerprint density at radius 1 is 1.02 bits per heavy atom. The minimum atomic E-state index is -0.136. The van der Waals surface area contributed by atoms with Gasteiger partial charge in [-0.05, 0) is 50.0 Å². The molecule has 2 aromatic heterocycles. The third-order valence-corrected chi connectivity index (χ3v) is 9.45. The summed E-state index contributed by atoms with van der Waals surface area (Å²) < 4.78 is 1.06. The van der Waals surface area contributed by atoms with Gasteiger partial charge in [-0.15, -0.1) is 11.3 Å². The summed E-state index contributed by atoms with van der Waals surface area (Å²) in [6.45, 7) is 11.0. The highest BCUT2D eigenvalue weighted by Gasteiger charge is 2.44. The van der Waals surface area contributed by atoms with E-state index in [4.69, 9.17) is 9.97 Å². The van der Waals surface area contributed by atoms with Crippen LogP contribution in [0.25, 0.3) is 20.8 Å². The van der Waals surface area contributed by atoms with Crippen molar-refractivity contribution in [2.45, 2.75) is 45.7 Å². The Morgan fingerprint density at radius 3 is 2.62 bits per heavy atom. The van der Waals surface area contributed by atoms with Crippen LogP contribution in [0.3, 0.4) is 0 Å². The molecule has 0 aliphatic carbocycles. The van der Waals surface area contributed by atoms with Crippen LogP contribution < -0.4 is 21.1 Å². The lowest BCUT2D eigenvalue weighted by Crippen LogP contribution is -2.35. The van der Waals surface area contributed by atoms with Gasteiger partial charge in [0, 0.05) is 44.2 Å². The maximum atomic E-state index is 13.7. The normalized spacial score (nSPS) is 20.1. The van der Waals surface area contributed by atoms with Crippen LogP contribution in [-0.2, 0) is 6.54 Å². The van der Waals surface area contributed by atoms with Gasteiger partial charge in [-0.3, -0.25) is 14.7 Å². The van der Waals surface area contributed by atoms with Gasteiger partial charge in [0.05, 0.1) is 10.2 Å². The topological polar surface area (TPSA) is 89.2 Å². The van der Waals surface area contributed by atoms with Crippen molar-refractivity contribution in [3.8, 4) is 10.6 Å². The summed E-state index contributed by atoms with van der Waals surface area (Å²) in [7, 11) is 0. The summed E-state index contributed by atoms with van der Waals surface area (Å²) in [4.78, 5) is 31.6. The molecule has 1 spiro atoms. The van der Waals surface area contributed by atoms with Crippen LogP contribution in [-0.4, -0.2) is 65.2 Å². The average Bonchev–Trinajstić information content (AvgIpc) is 3.69. The Morgan fingerprint density at radius 2 is 1.82 bits per heavy atom. The molecule has 1 unspecified atom stereocenters. The highest BCUT2D eigenvalue weighted by molar-refractivity contribution is 7.21. The number of thiazole rings is 1. The Kier molecular flexibility index (Phi) is 7.87. The summed E-state index contributed by atoms with van der Waals surface area (Å²) in [5.74, 6) is 1.29. The van der Waals surface area contributed by atoms with Gasteiger partial charge in [-0.1, -0.05) is 56.3 Å². The zero-order chi connectivity index (χ0) is 27.5. The number of para-hydroxylation sites is 1. The second-order valence-corrected chi connectivity index (χ2v) is 12.3. The molecule has 2 atom stereocenters. The van der Waals surface area contributed by atoms with Gasteiger partial charge >= 0.3 is 0 Å². The number of likely N-dealkylation sites (tertiary alicyclic amines) is 1. The van der Waals surface area contributed by atoms with E-state index in [0.29, 0.717) is 22.3 Å². The van der Waals surface area contributed by atoms with Crippen LogP contribution in [0.15, 0.2) is 59.4 Å². The van der Waals surface area contributed by atoms with Gasteiger partial charge < -0.3 is 15.5 Å². The molecule has 2 aliphatic heterocycles. The van der Waals surface area contributed by atoms with Crippen molar-refractivity contribution in [2.24, 2.45) is 5.41 Å². The zero-order valence-electron chi connectivity index (χ0n) is 23.4. The summed E-state index contributed by atoms with van der Waals surface area (Å²) in [5, 5.41) is 7.75. The van der Waals surface area contributed by atoms with E-state index in [1.54, 1.807) is 0 Å². The lowest BCUT2D eigenvalue weighted by molar-refractivity contribution is 0.270.